The molecule has 2 N–H and O–H groups in total. The third-order valence-corrected chi connectivity index (χ3v) is 10.0. The van der Waals surface area contributed by atoms with E-state index in [0.29, 0.717) is 0 Å². The molecule has 0 aliphatic heterocycles. The molecule has 0 atom stereocenters. The van der Waals surface area contributed by atoms with Crippen LogP contribution >= 0.6 is 0 Å². The van der Waals surface area contributed by atoms with Crippen molar-refractivity contribution >= 4 is 87.4 Å². The maximum atomic E-state index is 3.61. The zero-order chi connectivity index (χ0) is 33.0. The first-order chi connectivity index (χ1) is 24.7. The molecule has 0 amide bonds. The van der Waals surface area contributed by atoms with Gasteiger partial charge in [-0.2, -0.15) is 0 Å². The lowest BCUT2D eigenvalue weighted by molar-refractivity contribution is 1.54. The van der Waals surface area contributed by atoms with Crippen LogP contribution < -0.4 is 10.6 Å². The Kier molecular flexibility index (Phi) is 6.53. The summed E-state index contributed by atoms with van der Waals surface area (Å²) in [6, 6.07) is 66.0. The van der Waals surface area contributed by atoms with Crippen molar-refractivity contribution < 1.29 is 0 Å². The summed E-state index contributed by atoms with van der Waals surface area (Å²) in [6.45, 7) is 0. The van der Waals surface area contributed by atoms with Crippen LogP contribution in [0.4, 0.5) is 22.7 Å². The molecule has 2 heteroatoms. The third kappa shape index (κ3) is 5.24. The van der Waals surface area contributed by atoms with E-state index >= 15 is 0 Å². The van der Waals surface area contributed by atoms with Crippen LogP contribution in [-0.4, -0.2) is 0 Å². The van der Waals surface area contributed by atoms with Gasteiger partial charge in [0.15, 0.2) is 0 Å². The van der Waals surface area contributed by atoms with Crippen LogP contribution in [0.15, 0.2) is 182 Å². The maximum Gasteiger partial charge on any atom is 0.0390 e. The highest BCUT2D eigenvalue weighted by atomic mass is 14.9. The Labute approximate surface area is 290 Å². The minimum absolute atomic E-state index is 1.07. The molecule has 2 nitrogen and oxygen atoms in total. The molecule has 0 radical (unpaired) electrons. The minimum Gasteiger partial charge on any atom is -0.356 e. The SMILES string of the molecule is c1ccc2cc3cc4cc(Nc5ccc(-c6ccc(Nc7ccc8cc9cc%10ccccc%10cc9cc8c7)cc6)cc5)ccc4cc3cc2c1. The Balaban J connectivity index is 0.849. The predicted octanol–water partition coefficient (Wildman–Crippen LogP) is 13.8. The van der Waals surface area contributed by atoms with Gasteiger partial charge in [0.1, 0.15) is 0 Å². The Bertz CT molecular complexity index is 2700. The van der Waals surface area contributed by atoms with E-state index in [9.17, 15) is 0 Å². The zero-order valence-corrected chi connectivity index (χ0v) is 27.3. The molecule has 0 aliphatic carbocycles. The summed E-state index contributed by atoms with van der Waals surface area (Å²) in [4.78, 5) is 0. The first kappa shape index (κ1) is 28.4. The van der Waals surface area contributed by atoms with E-state index in [4.69, 9.17) is 0 Å². The number of rotatable bonds is 5. The van der Waals surface area contributed by atoms with E-state index in [2.05, 4.69) is 193 Å². The lowest BCUT2D eigenvalue weighted by atomic mass is 9.99. The van der Waals surface area contributed by atoms with Gasteiger partial charge >= 0.3 is 0 Å². The molecule has 10 rings (SSSR count). The lowest BCUT2D eigenvalue weighted by Gasteiger charge is -2.11. The minimum atomic E-state index is 1.07. The molecule has 0 aliphatic rings. The van der Waals surface area contributed by atoms with Crippen molar-refractivity contribution in [3.63, 3.8) is 0 Å². The van der Waals surface area contributed by atoms with Crippen molar-refractivity contribution in [1.82, 2.24) is 0 Å². The van der Waals surface area contributed by atoms with Crippen LogP contribution in [0.3, 0.4) is 0 Å². The average Bonchev–Trinajstić information content (AvgIpc) is 3.15. The molecule has 0 bridgehead atoms. The van der Waals surface area contributed by atoms with Gasteiger partial charge in [-0.1, -0.05) is 84.9 Å². The highest BCUT2D eigenvalue weighted by molar-refractivity contribution is 6.06. The highest BCUT2D eigenvalue weighted by Crippen LogP contribution is 2.32. The molecule has 10 aromatic rings. The second kappa shape index (κ2) is 11.5. The summed E-state index contributed by atoms with van der Waals surface area (Å²) in [5.41, 5.74) is 6.66. The number of hydrogen-bond acceptors (Lipinski definition) is 2. The normalized spacial score (nSPS) is 11.6. The quantitative estimate of drug-likeness (QED) is 0.184. The topological polar surface area (TPSA) is 24.1 Å². The zero-order valence-electron chi connectivity index (χ0n) is 27.3. The fourth-order valence-electron chi connectivity index (χ4n) is 7.36. The molecular formula is C48H32N2. The van der Waals surface area contributed by atoms with Gasteiger partial charge in [-0.25, -0.2) is 0 Å². The van der Waals surface area contributed by atoms with Crippen molar-refractivity contribution in [2.45, 2.75) is 0 Å². The Morgan fingerprint density at radius 2 is 0.460 bits per heavy atom. The van der Waals surface area contributed by atoms with E-state index in [1.807, 2.05) is 0 Å². The van der Waals surface area contributed by atoms with Crippen molar-refractivity contribution in [1.29, 1.82) is 0 Å². The van der Waals surface area contributed by atoms with E-state index < -0.39 is 0 Å². The summed E-state index contributed by atoms with van der Waals surface area (Å²) < 4.78 is 0. The Morgan fingerprint density at radius 3 is 0.800 bits per heavy atom. The number of anilines is 4. The molecule has 0 unspecified atom stereocenters. The average molecular weight is 637 g/mol. The third-order valence-electron chi connectivity index (χ3n) is 10.0. The smallest absolute Gasteiger partial charge is 0.0390 e. The van der Waals surface area contributed by atoms with Crippen LogP contribution in [0.2, 0.25) is 0 Å². The monoisotopic (exact) mass is 636 g/mol. The van der Waals surface area contributed by atoms with Crippen molar-refractivity contribution in [2.75, 3.05) is 10.6 Å². The molecule has 10 aromatic carbocycles. The number of benzene rings is 10. The molecule has 0 heterocycles. The standard InChI is InChI=1S/C48H32N2/c1-3-7-35-23-41-27-43-29-47(19-13-37(43)25-39(41)21-33(35)5-1)49-45-15-9-31(10-16-45)32-11-17-46(18-12-32)50-48-20-14-38-26-40-22-34-6-2-4-8-36(34)24-42(40)28-44(38)30-48/h1-30,49-50H. The summed E-state index contributed by atoms with van der Waals surface area (Å²) in [6.07, 6.45) is 0. The summed E-state index contributed by atoms with van der Waals surface area (Å²) >= 11 is 0. The van der Waals surface area contributed by atoms with E-state index in [1.54, 1.807) is 0 Å². The first-order valence-corrected chi connectivity index (χ1v) is 17.1. The van der Waals surface area contributed by atoms with Gasteiger partial charge < -0.3 is 10.6 Å². The van der Waals surface area contributed by atoms with Crippen molar-refractivity contribution in [3.05, 3.63) is 182 Å². The van der Waals surface area contributed by atoms with Crippen LogP contribution in [0.1, 0.15) is 0 Å². The van der Waals surface area contributed by atoms with E-state index in [-0.39, 0.29) is 0 Å². The predicted molar refractivity (Wildman–Crippen MR) is 216 cm³/mol. The van der Waals surface area contributed by atoms with Gasteiger partial charge in [-0.3, -0.25) is 0 Å². The Hall–Kier alpha value is -6.64. The molecule has 0 spiro atoms. The number of hydrogen-bond donors (Lipinski definition) is 2. The second-order valence-corrected chi connectivity index (χ2v) is 13.3. The molecule has 234 valence electrons. The largest absolute Gasteiger partial charge is 0.356 e. The second-order valence-electron chi connectivity index (χ2n) is 13.3. The van der Waals surface area contributed by atoms with Crippen LogP contribution in [0.25, 0.3) is 75.8 Å². The molecule has 50 heavy (non-hydrogen) atoms. The van der Waals surface area contributed by atoms with Gasteiger partial charge in [0, 0.05) is 22.7 Å². The van der Waals surface area contributed by atoms with Gasteiger partial charge in [-0.15, -0.1) is 0 Å². The molecule has 0 fully saturated rings. The molecule has 0 saturated heterocycles. The van der Waals surface area contributed by atoms with Crippen LogP contribution in [-0.2, 0) is 0 Å². The fraction of sp³-hybridized carbons (Fsp3) is 0. The first-order valence-electron chi connectivity index (χ1n) is 17.1. The number of fused-ring (bicyclic) bond motifs is 6. The fourth-order valence-corrected chi connectivity index (χ4v) is 7.36. The van der Waals surface area contributed by atoms with Gasteiger partial charge in [-0.05, 0) is 173 Å². The van der Waals surface area contributed by atoms with Crippen LogP contribution in [0.5, 0.6) is 0 Å². The summed E-state index contributed by atoms with van der Waals surface area (Å²) in [5, 5.41) is 22.3. The lowest BCUT2D eigenvalue weighted by Crippen LogP contribution is -1.91. The summed E-state index contributed by atoms with van der Waals surface area (Å²) in [7, 11) is 0. The molecule has 0 aromatic heterocycles. The van der Waals surface area contributed by atoms with Gasteiger partial charge in [0.25, 0.3) is 0 Å². The van der Waals surface area contributed by atoms with Crippen molar-refractivity contribution in [3.8, 4) is 11.1 Å². The maximum absolute atomic E-state index is 3.61. The number of nitrogens with one attached hydrogen (secondary N) is 2. The van der Waals surface area contributed by atoms with E-state index in [0.717, 1.165) is 22.7 Å². The Morgan fingerprint density at radius 1 is 0.200 bits per heavy atom. The molecular weight excluding hydrogens is 605 g/mol. The molecule has 0 saturated carbocycles. The summed E-state index contributed by atoms with van der Waals surface area (Å²) in [5.74, 6) is 0. The van der Waals surface area contributed by atoms with E-state index in [1.165, 1.54) is 75.8 Å². The van der Waals surface area contributed by atoms with Gasteiger partial charge in [0.05, 0.1) is 0 Å². The van der Waals surface area contributed by atoms with Gasteiger partial charge in [0.2, 0.25) is 0 Å². The van der Waals surface area contributed by atoms with Crippen molar-refractivity contribution in [2.24, 2.45) is 0 Å². The highest BCUT2D eigenvalue weighted by Gasteiger charge is 2.06. The van der Waals surface area contributed by atoms with Crippen LogP contribution in [0, 0.1) is 0 Å².